The van der Waals surface area contributed by atoms with Crippen LogP contribution >= 0.6 is 11.5 Å². The molecule has 1 saturated carbocycles. The van der Waals surface area contributed by atoms with Gasteiger partial charge in [0.25, 0.3) is 0 Å². The van der Waals surface area contributed by atoms with Gasteiger partial charge in [0.05, 0.1) is 22.3 Å². The van der Waals surface area contributed by atoms with E-state index in [1.807, 2.05) is 6.92 Å². The number of hydrogen-bond donors (Lipinski definition) is 1. The molecular formula is C14H13FN4S. The summed E-state index contributed by atoms with van der Waals surface area (Å²) in [5.74, 6) is 0.579. The number of hydrogen-bond acceptors (Lipinski definition) is 4. The molecule has 1 fully saturated rings. The van der Waals surface area contributed by atoms with E-state index in [-0.39, 0.29) is 5.82 Å². The van der Waals surface area contributed by atoms with Crippen LogP contribution in [-0.2, 0) is 0 Å². The summed E-state index contributed by atoms with van der Waals surface area (Å²) in [4.78, 5) is 4.66. The van der Waals surface area contributed by atoms with Crippen molar-refractivity contribution in [1.82, 2.24) is 13.9 Å². The minimum Gasteiger partial charge on any atom is -0.389 e. The third kappa shape index (κ3) is 1.64. The number of fused-ring (bicyclic) bond motifs is 1. The molecule has 3 aromatic rings. The summed E-state index contributed by atoms with van der Waals surface area (Å²) in [5, 5.41) is 0.667. The van der Waals surface area contributed by atoms with E-state index >= 15 is 0 Å². The smallest absolute Gasteiger partial charge is 0.146 e. The van der Waals surface area contributed by atoms with Gasteiger partial charge in [-0.2, -0.15) is 4.37 Å². The van der Waals surface area contributed by atoms with E-state index in [2.05, 4.69) is 13.9 Å². The topological polar surface area (TPSA) is 56.7 Å². The maximum atomic E-state index is 13.5. The van der Waals surface area contributed by atoms with Crippen molar-refractivity contribution in [1.29, 1.82) is 0 Å². The number of halogens is 1. The van der Waals surface area contributed by atoms with Crippen molar-refractivity contribution in [2.45, 2.75) is 25.8 Å². The fourth-order valence-electron chi connectivity index (χ4n) is 2.60. The van der Waals surface area contributed by atoms with Gasteiger partial charge >= 0.3 is 0 Å². The van der Waals surface area contributed by atoms with Crippen LogP contribution in [0.1, 0.15) is 24.6 Å². The number of imidazole rings is 1. The third-order valence-corrected chi connectivity index (χ3v) is 4.44. The van der Waals surface area contributed by atoms with Gasteiger partial charge in [0.2, 0.25) is 0 Å². The molecule has 102 valence electrons. The highest BCUT2D eigenvalue weighted by atomic mass is 32.1. The molecule has 4 nitrogen and oxygen atoms in total. The average molecular weight is 288 g/mol. The normalized spacial score (nSPS) is 15.1. The van der Waals surface area contributed by atoms with Gasteiger partial charge < -0.3 is 10.3 Å². The van der Waals surface area contributed by atoms with E-state index < -0.39 is 0 Å². The number of aryl methyl sites for hydroxylation is 1. The van der Waals surface area contributed by atoms with Gasteiger partial charge in [-0.05, 0) is 49.5 Å². The maximum absolute atomic E-state index is 13.5. The van der Waals surface area contributed by atoms with Crippen LogP contribution in [0, 0.1) is 12.7 Å². The van der Waals surface area contributed by atoms with Crippen LogP contribution in [-0.4, -0.2) is 13.9 Å². The monoisotopic (exact) mass is 288 g/mol. The van der Waals surface area contributed by atoms with E-state index in [9.17, 15) is 4.39 Å². The van der Waals surface area contributed by atoms with Crippen LogP contribution in [0.5, 0.6) is 0 Å². The molecule has 6 heteroatoms. The first-order chi connectivity index (χ1) is 9.65. The summed E-state index contributed by atoms with van der Waals surface area (Å²) < 4.78 is 19.9. The van der Waals surface area contributed by atoms with Crippen LogP contribution in [0.4, 0.5) is 9.39 Å². The molecule has 2 N–H and O–H groups in total. The zero-order valence-electron chi connectivity index (χ0n) is 10.9. The molecule has 0 saturated heterocycles. The van der Waals surface area contributed by atoms with Gasteiger partial charge in [0, 0.05) is 6.04 Å². The van der Waals surface area contributed by atoms with Crippen LogP contribution in [0.15, 0.2) is 18.2 Å². The lowest BCUT2D eigenvalue weighted by molar-refractivity contribution is 0.628. The Bertz CT molecular complexity index is 797. The van der Waals surface area contributed by atoms with Gasteiger partial charge in [-0.15, -0.1) is 0 Å². The first-order valence-electron chi connectivity index (χ1n) is 6.55. The number of anilines is 1. The van der Waals surface area contributed by atoms with Gasteiger partial charge in [-0.3, -0.25) is 0 Å². The Morgan fingerprint density at radius 2 is 2.20 bits per heavy atom. The fraction of sp³-hybridized carbons (Fsp3) is 0.286. The summed E-state index contributed by atoms with van der Waals surface area (Å²) in [6, 6.07) is 5.11. The van der Waals surface area contributed by atoms with E-state index in [0.717, 1.165) is 41.0 Å². The molecular weight excluding hydrogens is 275 g/mol. The van der Waals surface area contributed by atoms with Crippen molar-refractivity contribution in [3.05, 3.63) is 29.7 Å². The average Bonchev–Trinajstić information content (AvgIpc) is 3.11. The van der Waals surface area contributed by atoms with Crippen LogP contribution < -0.4 is 5.73 Å². The Morgan fingerprint density at radius 3 is 2.85 bits per heavy atom. The molecule has 2 aromatic heterocycles. The van der Waals surface area contributed by atoms with Crippen molar-refractivity contribution >= 4 is 27.6 Å². The number of aromatic nitrogens is 3. The van der Waals surface area contributed by atoms with E-state index in [1.54, 1.807) is 12.1 Å². The minimum absolute atomic E-state index is 0.237. The second-order valence-corrected chi connectivity index (χ2v) is 5.98. The molecule has 0 radical (unpaired) electrons. The maximum Gasteiger partial charge on any atom is 0.146 e. The molecule has 1 aromatic carbocycles. The molecule has 0 aliphatic heterocycles. The summed E-state index contributed by atoms with van der Waals surface area (Å²) in [7, 11) is 0. The Labute approximate surface area is 119 Å². The molecule has 2 heterocycles. The number of nitrogen functional groups attached to an aromatic ring is 1. The molecule has 1 aliphatic carbocycles. The van der Waals surface area contributed by atoms with Crippen molar-refractivity contribution in [3.63, 3.8) is 0 Å². The standard InChI is InChI=1S/C14H13FN4S/c1-7-12(13(16)20-18-7)14-17-10-5-2-8(15)6-11(10)19(14)9-3-4-9/h2,5-6,9H,3-4,16H2,1H3. The lowest BCUT2D eigenvalue weighted by Crippen LogP contribution is -1.99. The SMILES string of the molecule is Cc1nsc(N)c1-c1nc2ccc(F)cc2n1C1CC1. The predicted molar refractivity (Wildman–Crippen MR) is 78.2 cm³/mol. The lowest BCUT2D eigenvalue weighted by atomic mass is 10.2. The second-order valence-electron chi connectivity index (χ2n) is 5.18. The lowest BCUT2D eigenvalue weighted by Gasteiger charge is -2.07. The van der Waals surface area contributed by atoms with Gasteiger partial charge in [-0.1, -0.05) is 0 Å². The number of nitrogens with zero attached hydrogens (tertiary/aromatic N) is 3. The summed E-state index contributed by atoms with van der Waals surface area (Å²) in [6.07, 6.45) is 2.21. The minimum atomic E-state index is -0.237. The van der Waals surface area contributed by atoms with Crippen LogP contribution in [0.2, 0.25) is 0 Å². The van der Waals surface area contributed by atoms with E-state index in [0.29, 0.717) is 11.0 Å². The highest BCUT2D eigenvalue weighted by Gasteiger charge is 2.30. The van der Waals surface area contributed by atoms with Gasteiger partial charge in [-0.25, -0.2) is 9.37 Å². The quantitative estimate of drug-likeness (QED) is 0.785. The summed E-state index contributed by atoms with van der Waals surface area (Å²) in [5.41, 5.74) is 9.45. The first kappa shape index (κ1) is 11.8. The molecule has 4 rings (SSSR count). The molecule has 0 atom stereocenters. The molecule has 1 aliphatic rings. The largest absolute Gasteiger partial charge is 0.389 e. The number of benzene rings is 1. The third-order valence-electron chi connectivity index (χ3n) is 3.68. The van der Waals surface area contributed by atoms with Crippen molar-refractivity contribution in [3.8, 4) is 11.4 Å². The Kier molecular flexibility index (Phi) is 2.38. The molecule has 0 amide bonds. The highest BCUT2D eigenvalue weighted by molar-refractivity contribution is 7.10. The Balaban J connectivity index is 2.06. The zero-order chi connectivity index (χ0) is 13.9. The number of rotatable bonds is 2. The van der Waals surface area contributed by atoms with Crippen molar-refractivity contribution in [2.75, 3.05) is 5.73 Å². The summed E-state index contributed by atoms with van der Waals surface area (Å²) in [6.45, 7) is 1.93. The fourth-order valence-corrected chi connectivity index (χ4v) is 3.26. The van der Waals surface area contributed by atoms with E-state index in [1.165, 1.54) is 17.6 Å². The van der Waals surface area contributed by atoms with Gasteiger partial charge in [0.15, 0.2) is 0 Å². The number of nitrogens with two attached hydrogens (primary N) is 1. The van der Waals surface area contributed by atoms with Crippen LogP contribution in [0.25, 0.3) is 22.4 Å². The zero-order valence-corrected chi connectivity index (χ0v) is 11.7. The first-order valence-corrected chi connectivity index (χ1v) is 7.32. The van der Waals surface area contributed by atoms with Crippen LogP contribution in [0.3, 0.4) is 0 Å². The van der Waals surface area contributed by atoms with Crippen molar-refractivity contribution in [2.24, 2.45) is 0 Å². The van der Waals surface area contributed by atoms with E-state index in [4.69, 9.17) is 5.73 Å². The molecule has 0 spiro atoms. The second kappa shape index (κ2) is 4.02. The highest BCUT2D eigenvalue weighted by Crippen LogP contribution is 2.43. The van der Waals surface area contributed by atoms with Crippen molar-refractivity contribution < 1.29 is 4.39 Å². The van der Waals surface area contributed by atoms with Gasteiger partial charge in [0.1, 0.15) is 16.6 Å². The summed E-state index contributed by atoms with van der Waals surface area (Å²) >= 11 is 1.28. The molecule has 20 heavy (non-hydrogen) atoms. The molecule has 0 unspecified atom stereocenters. The predicted octanol–water partition coefficient (Wildman–Crippen LogP) is 3.52. The Hall–Kier alpha value is -1.95. The molecule has 0 bridgehead atoms. The Morgan fingerprint density at radius 1 is 1.40 bits per heavy atom.